The van der Waals surface area contributed by atoms with Crippen molar-refractivity contribution in [2.45, 2.75) is 38.1 Å². The molecule has 1 amide bonds. The van der Waals surface area contributed by atoms with E-state index in [-0.39, 0.29) is 0 Å². The zero-order chi connectivity index (χ0) is 15.7. The van der Waals surface area contributed by atoms with Crippen LogP contribution >= 0.6 is 0 Å². The molecule has 1 atom stereocenters. The van der Waals surface area contributed by atoms with Gasteiger partial charge in [-0.1, -0.05) is 6.07 Å². The summed E-state index contributed by atoms with van der Waals surface area (Å²) in [6.45, 7) is 2.16. The lowest BCUT2D eigenvalue weighted by Crippen LogP contribution is -2.44. The van der Waals surface area contributed by atoms with Crippen LogP contribution in [0.15, 0.2) is 18.2 Å². The van der Waals surface area contributed by atoms with E-state index in [1.807, 2.05) is 6.07 Å². The molecule has 21 heavy (non-hydrogen) atoms. The summed E-state index contributed by atoms with van der Waals surface area (Å²) in [7, 11) is 0. The van der Waals surface area contributed by atoms with Crippen molar-refractivity contribution in [2.24, 2.45) is 0 Å². The first-order valence-electron chi connectivity index (χ1n) is 6.60. The topological polar surface area (TPSA) is 61.4 Å². The van der Waals surface area contributed by atoms with Crippen LogP contribution in [0.25, 0.3) is 0 Å². The van der Waals surface area contributed by atoms with Crippen molar-refractivity contribution in [1.82, 2.24) is 5.32 Å². The SMILES string of the molecule is CC(O)(CC(=O)Nc1ccc2c(c1)CCNC2)C(F)(F)F. The van der Waals surface area contributed by atoms with E-state index in [9.17, 15) is 23.1 Å². The van der Waals surface area contributed by atoms with Crippen LogP contribution in [-0.4, -0.2) is 29.3 Å². The average molecular weight is 302 g/mol. The Kier molecular flexibility index (Phi) is 4.25. The molecule has 1 aliphatic heterocycles. The minimum atomic E-state index is -4.84. The Morgan fingerprint density at radius 3 is 2.76 bits per heavy atom. The maximum Gasteiger partial charge on any atom is 0.417 e. The molecule has 0 aromatic heterocycles. The van der Waals surface area contributed by atoms with Gasteiger partial charge in [-0.25, -0.2) is 0 Å². The van der Waals surface area contributed by atoms with E-state index >= 15 is 0 Å². The average Bonchev–Trinajstić information content (AvgIpc) is 2.36. The number of fused-ring (bicyclic) bond motifs is 1. The number of amides is 1. The normalized spacial score (nSPS) is 17.8. The molecule has 1 heterocycles. The lowest BCUT2D eigenvalue weighted by molar-refractivity contribution is -0.252. The van der Waals surface area contributed by atoms with E-state index in [0.29, 0.717) is 12.6 Å². The predicted molar refractivity (Wildman–Crippen MR) is 71.8 cm³/mol. The summed E-state index contributed by atoms with van der Waals surface area (Å²) in [5, 5.41) is 14.9. The number of anilines is 1. The zero-order valence-corrected chi connectivity index (χ0v) is 11.5. The Balaban J connectivity index is 2.03. The minimum Gasteiger partial charge on any atom is -0.380 e. The third-order valence-corrected chi connectivity index (χ3v) is 3.49. The quantitative estimate of drug-likeness (QED) is 0.800. The van der Waals surface area contributed by atoms with Crippen LogP contribution < -0.4 is 10.6 Å². The molecule has 116 valence electrons. The Hall–Kier alpha value is -1.60. The summed E-state index contributed by atoms with van der Waals surface area (Å²) in [6, 6.07) is 5.24. The van der Waals surface area contributed by atoms with Crippen LogP contribution in [-0.2, 0) is 17.8 Å². The van der Waals surface area contributed by atoms with Gasteiger partial charge in [0.25, 0.3) is 0 Å². The molecule has 1 aromatic rings. The fourth-order valence-corrected chi connectivity index (χ4v) is 2.17. The lowest BCUT2D eigenvalue weighted by atomic mass is 9.99. The largest absolute Gasteiger partial charge is 0.417 e. The number of hydrogen-bond acceptors (Lipinski definition) is 3. The van der Waals surface area contributed by atoms with E-state index in [2.05, 4.69) is 10.6 Å². The monoisotopic (exact) mass is 302 g/mol. The van der Waals surface area contributed by atoms with Gasteiger partial charge in [0.2, 0.25) is 5.91 Å². The van der Waals surface area contributed by atoms with Gasteiger partial charge in [0.1, 0.15) is 0 Å². The molecular formula is C14H17F3N2O2. The highest BCUT2D eigenvalue weighted by atomic mass is 19.4. The van der Waals surface area contributed by atoms with Crippen molar-refractivity contribution in [3.05, 3.63) is 29.3 Å². The van der Waals surface area contributed by atoms with Gasteiger partial charge in [0, 0.05) is 12.2 Å². The molecule has 4 nitrogen and oxygen atoms in total. The van der Waals surface area contributed by atoms with Crippen molar-refractivity contribution >= 4 is 11.6 Å². The van der Waals surface area contributed by atoms with Crippen LogP contribution in [0.4, 0.5) is 18.9 Å². The molecule has 0 saturated heterocycles. The first kappa shape index (κ1) is 15.8. The lowest BCUT2D eigenvalue weighted by Gasteiger charge is -2.25. The molecule has 1 aromatic carbocycles. The molecule has 1 unspecified atom stereocenters. The second-order valence-corrected chi connectivity index (χ2v) is 5.41. The first-order valence-corrected chi connectivity index (χ1v) is 6.60. The fourth-order valence-electron chi connectivity index (χ4n) is 2.17. The number of benzene rings is 1. The number of carbonyl (C=O) groups excluding carboxylic acids is 1. The van der Waals surface area contributed by atoms with Gasteiger partial charge in [0.05, 0.1) is 6.42 Å². The summed E-state index contributed by atoms with van der Waals surface area (Å²) < 4.78 is 37.6. The predicted octanol–water partition coefficient (Wildman–Crippen LogP) is 1.97. The van der Waals surface area contributed by atoms with Crippen LogP contribution in [0.5, 0.6) is 0 Å². The molecule has 0 fully saturated rings. The summed E-state index contributed by atoms with van der Waals surface area (Å²) in [5.74, 6) is -0.869. The maximum atomic E-state index is 12.5. The summed E-state index contributed by atoms with van der Waals surface area (Å²) in [4.78, 5) is 11.7. The number of rotatable bonds is 3. The van der Waals surface area contributed by atoms with Crippen molar-refractivity contribution in [2.75, 3.05) is 11.9 Å². The van der Waals surface area contributed by atoms with Crippen molar-refractivity contribution < 1.29 is 23.1 Å². The van der Waals surface area contributed by atoms with Gasteiger partial charge < -0.3 is 15.7 Å². The number of hydrogen-bond donors (Lipinski definition) is 3. The van der Waals surface area contributed by atoms with E-state index in [4.69, 9.17) is 0 Å². The van der Waals surface area contributed by atoms with E-state index in [1.165, 1.54) is 0 Å². The van der Waals surface area contributed by atoms with Crippen LogP contribution in [0.2, 0.25) is 0 Å². The van der Waals surface area contributed by atoms with E-state index in [0.717, 1.165) is 30.6 Å². The van der Waals surface area contributed by atoms with Crippen LogP contribution in [0, 0.1) is 0 Å². The molecular weight excluding hydrogens is 285 g/mol. The number of nitrogens with one attached hydrogen (secondary N) is 2. The van der Waals surface area contributed by atoms with Crippen molar-refractivity contribution in [1.29, 1.82) is 0 Å². The van der Waals surface area contributed by atoms with E-state index in [1.54, 1.807) is 12.1 Å². The molecule has 7 heteroatoms. The first-order chi connectivity index (χ1) is 9.69. The minimum absolute atomic E-state index is 0.443. The highest BCUT2D eigenvalue weighted by Crippen LogP contribution is 2.32. The standard InChI is InChI=1S/C14H17F3N2O2/c1-13(21,14(15,16)17)7-12(20)19-11-3-2-10-8-18-5-4-9(10)6-11/h2-3,6,18,21H,4-5,7-8H2,1H3,(H,19,20). The Morgan fingerprint density at radius 1 is 1.38 bits per heavy atom. The number of alkyl halides is 3. The van der Waals surface area contributed by atoms with Gasteiger partial charge >= 0.3 is 6.18 Å². The third kappa shape index (κ3) is 3.74. The molecule has 1 aliphatic rings. The van der Waals surface area contributed by atoms with Gasteiger partial charge in [-0.15, -0.1) is 0 Å². The molecule has 0 bridgehead atoms. The van der Waals surface area contributed by atoms with Crippen molar-refractivity contribution in [3.8, 4) is 0 Å². The second-order valence-electron chi connectivity index (χ2n) is 5.41. The zero-order valence-electron chi connectivity index (χ0n) is 11.5. The summed E-state index contributed by atoms with van der Waals surface area (Å²) >= 11 is 0. The maximum absolute atomic E-state index is 12.5. The van der Waals surface area contributed by atoms with Crippen molar-refractivity contribution in [3.63, 3.8) is 0 Å². The third-order valence-electron chi connectivity index (χ3n) is 3.49. The molecule has 0 aliphatic carbocycles. The van der Waals surface area contributed by atoms with Crippen LogP contribution in [0.3, 0.4) is 0 Å². The Bertz CT molecular complexity index is 542. The molecule has 3 N–H and O–H groups in total. The Morgan fingerprint density at radius 2 is 2.10 bits per heavy atom. The highest BCUT2D eigenvalue weighted by Gasteiger charge is 2.50. The summed E-state index contributed by atoms with van der Waals surface area (Å²) in [5.41, 5.74) is -0.413. The van der Waals surface area contributed by atoms with Gasteiger partial charge in [-0.05, 0) is 43.1 Å². The molecule has 0 radical (unpaired) electrons. The van der Waals surface area contributed by atoms with Gasteiger partial charge in [-0.2, -0.15) is 13.2 Å². The number of halogens is 3. The van der Waals surface area contributed by atoms with Crippen LogP contribution in [0.1, 0.15) is 24.5 Å². The highest BCUT2D eigenvalue weighted by molar-refractivity contribution is 5.91. The smallest absolute Gasteiger partial charge is 0.380 e. The Labute approximate surface area is 120 Å². The summed E-state index contributed by atoms with van der Waals surface area (Å²) in [6.07, 6.45) is -5.07. The number of carbonyl (C=O) groups is 1. The van der Waals surface area contributed by atoms with Gasteiger partial charge in [-0.3, -0.25) is 4.79 Å². The van der Waals surface area contributed by atoms with E-state index < -0.39 is 24.1 Å². The molecule has 2 rings (SSSR count). The fraction of sp³-hybridized carbons (Fsp3) is 0.500. The molecule has 0 saturated carbocycles. The molecule has 0 spiro atoms. The van der Waals surface area contributed by atoms with Gasteiger partial charge in [0.15, 0.2) is 5.60 Å². The second kappa shape index (κ2) is 5.65. The number of aliphatic hydroxyl groups is 1.